The molecule has 0 saturated heterocycles. The maximum Gasteiger partial charge on any atom is 0.321 e. The Morgan fingerprint density at radius 1 is 0.920 bits per heavy atom. The molecular formula is C19H18N2O4. The van der Waals surface area contributed by atoms with Crippen LogP contribution >= 0.6 is 0 Å². The molecule has 0 spiro atoms. The Labute approximate surface area is 145 Å². The number of imide groups is 1. The highest BCUT2D eigenvalue weighted by molar-refractivity contribution is 6.09. The van der Waals surface area contributed by atoms with Crippen molar-refractivity contribution < 1.29 is 19.1 Å². The number of ether oxygens (including phenoxy) is 1. The molecule has 25 heavy (non-hydrogen) atoms. The highest BCUT2D eigenvalue weighted by Crippen LogP contribution is 2.18. The molecule has 1 aliphatic rings. The number of hydrogen-bond acceptors (Lipinski definition) is 4. The van der Waals surface area contributed by atoms with Crippen molar-refractivity contribution >= 4 is 17.7 Å². The van der Waals surface area contributed by atoms with Gasteiger partial charge in [0.15, 0.2) is 12.4 Å². The standard InChI is InChI=1S/C19H18N2O4/c22-17(21-19(24)20-15-8-9-15)12-25-16-10-6-14(7-11-16)18(23)13-4-2-1-3-5-13/h1-7,10-11,15H,8-9,12H2,(H2,20,21,22,24). The molecule has 2 N–H and O–H groups in total. The average Bonchev–Trinajstić information content (AvgIpc) is 3.44. The van der Waals surface area contributed by atoms with E-state index in [2.05, 4.69) is 10.6 Å². The number of benzene rings is 2. The lowest BCUT2D eigenvalue weighted by Gasteiger charge is -2.08. The lowest BCUT2D eigenvalue weighted by atomic mass is 10.0. The minimum Gasteiger partial charge on any atom is -0.484 e. The van der Waals surface area contributed by atoms with Gasteiger partial charge in [-0.05, 0) is 37.1 Å². The topological polar surface area (TPSA) is 84.5 Å². The molecule has 1 fully saturated rings. The quantitative estimate of drug-likeness (QED) is 0.792. The van der Waals surface area contributed by atoms with Crippen LogP contribution in [0, 0.1) is 0 Å². The Hall–Kier alpha value is -3.15. The van der Waals surface area contributed by atoms with Crippen molar-refractivity contribution in [2.24, 2.45) is 0 Å². The summed E-state index contributed by atoms with van der Waals surface area (Å²) in [5.74, 6) is -0.161. The molecule has 3 rings (SSSR count). The van der Waals surface area contributed by atoms with Crippen LogP contribution in [0.15, 0.2) is 54.6 Å². The Morgan fingerprint density at radius 2 is 1.56 bits per heavy atom. The summed E-state index contributed by atoms with van der Waals surface area (Å²) in [6.45, 7) is -0.274. The third-order valence-electron chi connectivity index (χ3n) is 3.69. The number of urea groups is 1. The second-order valence-electron chi connectivity index (χ2n) is 5.80. The molecule has 0 radical (unpaired) electrons. The van der Waals surface area contributed by atoms with Gasteiger partial charge in [-0.3, -0.25) is 14.9 Å². The summed E-state index contributed by atoms with van der Waals surface area (Å²) in [4.78, 5) is 35.4. The summed E-state index contributed by atoms with van der Waals surface area (Å²) in [5.41, 5.74) is 1.14. The van der Waals surface area contributed by atoms with Crippen LogP contribution in [-0.2, 0) is 4.79 Å². The fourth-order valence-electron chi connectivity index (χ4n) is 2.22. The number of ketones is 1. The van der Waals surface area contributed by atoms with Crippen LogP contribution in [0.4, 0.5) is 4.79 Å². The highest BCUT2D eigenvalue weighted by atomic mass is 16.5. The summed E-state index contributed by atoms with van der Waals surface area (Å²) in [7, 11) is 0. The molecule has 0 heterocycles. The highest BCUT2D eigenvalue weighted by Gasteiger charge is 2.23. The summed E-state index contributed by atoms with van der Waals surface area (Å²) < 4.78 is 5.33. The van der Waals surface area contributed by atoms with Crippen molar-refractivity contribution in [3.63, 3.8) is 0 Å². The van der Waals surface area contributed by atoms with Gasteiger partial charge in [-0.2, -0.15) is 0 Å². The smallest absolute Gasteiger partial charge is 0.321 e. The minimum absolute atomic E-state index is 0.0818. The van der Waals surface area contributed by atoms with Crippen LogP contribution < -0.4 is 15.4 Å². The van der Waals surface area contributed by atoms with Gasteiger partial charge < -0.3 is 10.1 Å². The fraction of sp³-hybridized carbons (Fsp3) is 0.211. The van der Waals surface area contributed by atoms with E-state index >= 15 is 0 Å². The molecule has 1 saturated carbocycles. The number of carbonyl (C=O) groups is 3. The van der Waals surface area contributed by atoms with Gasteiger partial charge in [-0.25, -0.2) is 4.79 Å². The molecule has 0 aliphatic heterocycles. The van der Waals surface area contributed by atoms with Crippen LogP contribution in [0.5, 0.6) is 5.75 Å². The van der Waals surface area contributed by atoms with E-state index < -0.39 is 11.9 Å². The molecule has 128 valence electrons. The van der Waals surface area contributed by atoms with Crippen LogP contribution in [0.1, 0.15) is 28.8 Å². The van der Waals surface area contributed by atoms with E-state index in [1.165, 1.54) is 0 Å². The minimum atomic E-state index is -0.525. The summed E-state index contributed by atoms with van der Waals surface area (Å²) in [6, 6.07) is 15.2. The maximum absolute atomic E-state index is 12.3. The normalized spacial score (nSPS) is 13.0. The van der Waals surface area contributed by atoms with Gasteiger partial charge >= 0.3 is 6.03 Å². The lowest BCUT2D eigenvalue weighted by molar-refractivity contribution is -0.122. The number of hydrogen-bond donors (Lipinski definition) is 2. The lowest BCUT2D eigenvalue weighted by Crippen LogP contribution is -2.42. The van der Waals surface area contributed by atoms with Crippen LogP contribution in [-0.4, -0.2) is 30.4 Å². The SMILES string of the molecule is O=C(COc1ccc(C(=O)c2ccccc2)cc1)NC(=O)NC1CC1. The van der Waals surface area contributed by atoms with E-state index in [0.717, 1.165) is 12.8 Å². The first-order chi connectivity index (χ1) is 12.1. The number of carbonyl (C=O) groups excluding carboxylic acids is 3. The van der Waals surface area contributed by atoms with Gasteiger partial charge in [-0.1, -0.05) is 30.3 Å². The van der Waals surface area contributed by atoms with Crippen LogP contribution in [0.25, 0.3) is 0 Å². The summed E-state index contributed by atoms with van der Waals surface area (Å²) in [5, 5.41) is 4.86. The number of amides is 3. The second kappa shape index (κ2) is 7.61. The van der Waals surface area contributed by atoms with Gasteiger partial charge in [0.1, 0.15) is 5.75 Å². The average molecular weight is 338 g/mol. The first-order valence-electron chi connectivity index (χ1n) is 8.05. The Balaban J connectivity index is 1.49. The third-order valence-corrected chi connectivity index (χ3v) is 3.69. The summed E-state index contributed by atoms with van der Waals surface area (Å²) in [6.07, 6.45) is 1.90. The maximum atomic E-state index is 12.3. The molecule has 2 aromatic carbocycles. The number of nitrogens with one attached hydrogen (secondary N) is 2. The first-order valence-corrected chi connectivity index (χ1v) is 8.05. The van der Waals surface area contributed by atoms with Gasteiger partial charge in [-0.15, -0.1) is 0 Å². The van der Waals surface area contributed by atoms with Gasteiger partial charge in [0, 0.05) is 17.2 Å². The van der Waals surface area contributed by atoms with Crippen molar-refractivity contribution in [2.45, 2.75) is 18.9 Å². The van der Waals surface area contributed by atoms with Crippen molar-refractivity contribution in [1.29, 1.82) is 0 Å². The molecule has 2 aromatic rings. The zero-order valence-corrected chi connectivity index (χ0v) is 13.5. The predicted octanol–water partition coefficient (Wildman–Crippen LogP) is 2.28. The molecule has 0 atom stereocenters. The van der Waals surface area contributed by atoms with E-state index in [1.54, 1.807) is 36.4 Å². The van der Waals surface area contributed by atoms with Gasteiger partial charge in [0.25, 0.3) is 5.91 Å². The van der Waals surface area contributed by atoms with Crippen molar-refractivity contribution in [1.82, 2.24) is 10.6 Å². The van der Waals surface area contributed by atoms with Crippen molar-refractivity contribution in [3.8, 4) is 5.75 Å². The Kier molecular flexibility index (Phi) is 5.09. The van der Waals surface area contributed by atoms with Crippen LogP contribution in [0.3, 0.4) is 0 Å². The molecule has 6 heteroatoms. The molecule has 0 aromatic heterocycles. The third kappa shape index (κ3) is 4.91. The van der Waals surface area contributed by atoms with Crippen LogP contribution in [0.2, 0.25) is 0 Å². The summed E-state index contributed by atoms with van der Waals surface area (Å²) >= 11 is 0. The van der Waals surface area contributed by atoms with Crippen molar-refractivity contribution in [3.05, 3.63) is 65.7 Å². The van der Waals surface area contributed by atoms with Crippen molar-refractivity contribution in [2.75, 3.05) is 6.61 Å². The molecular weight excluding hydrogens is 320 g/mol. The monoisotopic (exact) mass is 338 g/mol. The molecule has 6 nitrogen and oxygen atoms in total. The van der Waals surface area contributed by atoms with E-state index in [1.807, 2.05) is 18.2 Å². The zero-order chi connectivity index (χ0) is 17.6. The van der Waals surface area contributed by atoms with E-state index in [0.29, 0.717) is 16.9 Å². The van der Waals surface area contributed by atoms with Gasteiger partial charge in [0.05, 0.1) is 0 Å². The zero-order valence-electron chi connectivity index (χ0n) is 13.5. The van der Waals surface area contributed by atoms with E-state index in [9.17, 15) is 14.4 Å². The fourth-order valence-corrected chi connectivity index (χ4v) is 2.22. The molecule has 1 aliphatic carbocycles. The van der Waals surface area contributed by atoms with E-state index in [-0.39, 0.29) is 18.4 Å². The van der Waals surface area contributed by atoms with E-state index in [4.69, 9.17) is 4.74 Å². The molecule has 3 amide bonds. The second-order valence-corrected chi connectivity index (χ2v) is 5.80. The first kappa shape index (κ1) is 16.7. The number of rotatable bonds is 6. The Bertz CT molecular complexity index is 768. The molecule has 0 unspecified atom stereocenters. The molecule has 0 bridgehead atoms. The largest absolute Gasteiger partial charge is 0.484 e. The predicted molar refractivity (Wildman–Crippen MR) is 91.5 cm³/mol. The Morgan fingerprint density at radius 3 is 2.20 bits per heavy atom. The van der Waals surface area contributed by atoms with Gasteiger partial charge in [0.2, 0.25) is 0 Å².